The van der Waals surface area contributed by atoms with Gasteiger partial charge in [-0.3, -0.25) is 4.79 Å². The zero-order valence-corrected chi connectivity index (χ0v) is 11.5. The van der Waals surface area contributed by atoms with Crippen molar-refractivity contribution in [2.45, 2.75) is 25.7 Å². The summed E-state index contributed by atoms with van der Waals surface area (Å²) in [7, 11) is 0. The molecule has 0 aromatic rings. The maximum absolute atomic E-state index is 11.9. The molecule has 6 heteroatoms. The molecular weight excluding hydrogens is 244 g/mol. The van der Waals surface area contributed by atoms with E-state index in [1.807, 2.05) is 0 Å². The number of nitrogens with two attached hydrogens (primary N) is 1. The summed E-state index contributed by atoms with van der Waals surface area (Å²) in [4.78, 5) is 20.1. The van der Waals surface area contributed by atoms with Gasteiger partial charge in [-0.05, 0) is 12.8 Å². The number of guanidine groups is 1. The van der Waals surface area contributed by atoms with E-state index >= 15 is 0 Å². The van der Waals surface area contributed by atoms with Gasteiger partial charge in [-0.25, -0.2) is 4.99 Å². The van der Waals surface area contributed by atoms with E-state index in [4.69, 9.17) is 10.5 Å². The van der Waals surface area contributed by atoms with Crippen LogP contribution in [0.25, 0.3) is 0 Å². The minimum atomic E-state index is 0.0427. The van der Waals surface area contributed by atoms with E-state index in [2.05, 4.69) is 9.89 Å². The lowest BCUT2D eigenvalue weighted by Gasteiger charge is -2.26. The Labute approximate surface area is 114 Å². The van der Waals surface area contributed by atoms with Crippen LogP contribution in [0, 0.1) is 0 Å². The third-order valence-electron chi connectivity index (χ3n) is 3.67. The second-order valence-corrected chi connectivity index (χ2v) is 5.07. The third kappa shape index (κ3) is 4.38. The molecule has 2 saturated heterocycles. The van der Waals surface area contributed by atoms with Gasteiger partial charge in [-0.15, -0.1) is 0 Å². The molecule has 0 aromatic heterocycles. The minimum Gasteiger partial charge on any atom is -0.378 e. The predicted octanol–water partition coefficient (Wildman–Crippen LogP) is 0.0359. The zero-order valence-electron chi connectivity index (χ0n) is 11.5. The van der Waals surface area contributed by atoms with Crippen LogP contribution in [0.15, 0.2) is 4.99 Å². The highest BCUT2D eigenvalue weighted by molar-refractivity contribution is 5.84. The first-order valence-electron chi connectivity index (χ1n) is 7.18. The number of hydrogen-bond donors (Lipinski definition) is 1. The van der Waals surface area contributed by atoms with Crippen molar-refractivity contribution < 1.29 is 9.53 Å². The second kappa shape index (κ2) is 7.33. The molecule has 2 rings (SSSR count). The van der Waals surface area contributed by atoms with Gasteiger partial charge in [-0.1, -0.05) is 12.8 Å². The van der Waals surface area contributed by atoms with Crippen LogP contribution < -0.4 is 5.73 Å². The maximum atomic E-state index is 11.9. The van der Waals surface area contributed by atoms with Gasteiger partial charge < -0.3 is 20.3 Å². The van der Waals surface area contributed by atoms with E-state index in [9.17, 15) is 4.79 Å². The first-order chi connectivity index (χ1) is 9.27. The van der Waals surface area contributed by atoms with Crippen LogP contribution >= 0.6 is 0 Å². The van der Waals surface area contributed by atoms with E-state index in [-0.39, 0.29) is 12.5 Å². The molecule has 0 unspecified atom stereocenters. The predicted molar refractivity (Wildman–Crippen MR) is 73.9 cm³/mol. The SMILES string of the molecule is NC(=NCC(=O)N1CCOCC1)N1CCCCCC1. The van der Waals surface area contributed by atoms with Crippen molar-refractivity contribution in [2.75, 3.05) is 45.9 Å². The van der Waals surface area contributed by atoms with E-state index in [1.165, 1.54) is 12.8 Å². The highest BCUT2D eigenvalue weighted by Crippen LogP contribution is 2.09. The highest BCUT2D eigenvalue weighted by atomic mass is 16.5. The van der Waals surface area contributed by atoms with Gasteiger partial charge in [0.25, 0.3) is 0 Å². The molecule has 1 amide bonds. The standard InChI is InChI=1S/C13H24N4O2/c14-13(17-5-3-1-2-4-6-17)15-11-12(18)16-7-9-19-10-8-16/h1-11H2,(H2,14,15). The lowest BCUT2D eigenvalue weighted by molar-refractivity contribution is -0.133. The summed E-state index contributed by atoms with van der Waals surface area (Å²) in [6.45, 7) is 4.65. The molecule has 0 atom stereocenters. The lowest BCUT2D eigenvalue weighted by atomic mass is 10.2. The first-order valence-corrected chi connectivity index (χ1v) is 7.18. The molecular formula is C13H24N4O2. The number of likely N-dealkylation sites (tertiary alicyclic amines) is 1. The van der Waals surface area contributed by atoms with E-state index < -0.39 is 0 Å². The molecule has 2 aliphatic rings. The Morgan fingerprint density at radius 3 is 2.26 bits per heavy atom. The second-order valence-electron chi connectivity index (χ2n) is 5.07. The van der Waals surface area contributed by atoms with Crippen molar-refractivity contribution in [1.29, 1.82) is 0 Å². The van der Waals surface area contributed by atoms with Crippen LogP contribution in [0.1, 0.15) is 25.7 Å². The summed E-state index contributed by atoms with van der Waals surface area (Å²) in [6.07, 6.45) is 4.84. The average molecular weight is 268 g/mol. The number of morpholine rings is 1. The van der Waals surface area contributed by atoms with Gasteiger partial charge in [0.2, 0.25) is 5.91 Å². The lowest BCUT2D eigenvalue weighted by Crippen LogP contribution is -2.43. The van der Waals surface area contributed by atoms with Crippen molar-refractivity contribution in [3.8, 4) is 0 Å². The fraction of sp³-hybridized carbons (Fsp3) is 0.846. The number of amides is 1. The van der Waals surface area contributed by atoms with Crippen LogP contribution in [0.5, 0.6) is 0 Å². The Morgan fingerprint density at radius 2 is 1.63 bits per heavy atom. The summed E-state index contributed by atoms with van der Waals surface area (Å²) >= 11 is 0. The number of hydrogen-bond acceptors (Lipinski definition) is 3. The molecule has 6 nitrogen and oxygen atoms in total. The Kier molecular flexibility index (Phi) is 5.44. The number of nitrogens with zero attached hydrogens (tertiary/aromatic N) is 3. The summed E-state index contributed by atoms with van der Waals surface area (Å²) in [5.41, 5.74) is 5.98. The summed E-state index contributed by atoms with van der Waals surface area (Å²) in [5, 5.41) is 0. The fourth-order valence-electron chi connectivity index (χ4n) is 2.46. The Hall–Kier alpha value is -1.30. The normalized spacial score (nSPS) is 22.2. The first kappa shape index (κ1) is 14.1. The molecule has 0 bridgehead atoms. The topological polar surface area (TPSA) is 71.2 Å². The van der Waals surface area contributed by atoms with Crippen LogP contribution in [-0.2, 0) is 9.53 Å². The largest absolute Gasteiger partial charge is 0.378 e. The third-order valence-corrected chi connectivity index (χ3v) is 3.67. The van der Waals surface area contributed by atoms with Gasteiger partial charge >= 0.3 is 0 Å². The van der Waals surface area contributed by atoms with Crippen molar-refractivity contribution in [3.05, 3.63) is 0 Å². The van der Waals surface area contributed by atoms with Crippen molar-refractivity contribution >= 4 is 11.9 Å². The van der Waals surface area contributed by atoms with Crippen LogP contribution in [0.4, 0.5) is 0 Å². The molecule has 0 radical (unpaired) electrons. The van der Waals surface area contributed by atoms with Gasteiger partial charge in [0, 0.05) is 26.2 Å². The average Bonchev–Trinajstić information content (AvgIpc) is 2.74. The smallest absolute Gasteiger partial charge is 0.244 e. The van der Waals surface area contributed by atoms with Gasteiger partial charge in [0.15, 0.2) is 5.96 Å². The maximum Gasteiger partial charge on any atom is 0.244 e. The van der Waals surface area contributed by atoms with Crippen LogP contribution in [0.3, 0.4) is 0 Å². The Bertz CT molecular complexity index is 319. The summed E-state index contributed by atoms with van der Waals surface area (Å²) < 4.78 is 5.22. The highest BCUT2D eigenvalue weighted by Gasteiger charge is 2.17. The van der Waals surface area contributed by atoms with Gasteiger partial charge in [-0.2, -0.15) is 0 Å². The van der Waals surface area contributed by atoms with Crippen LogP contribution in [-0.4, -0.2) is 67.6 Å². The molecule has 108 valence electrons. The Balaban J connectivity index is 1.80. The fourth-order valence-corrected chi connectivity index (χ4v) is 2.46. The monoisotopic (exact) mass is 268 g/mol. The zero-order chi connectivity index (χ0) is 13.5. The minimum absolute atomic E-state index is 0.0427. The summed E-state index contributed by atoms with van der Waals surface area (Å²) in [5.74, 6) is 0.560. The number of rotatable bonds is 2. The quantitative estimate of drug-likeness (QED) is 0.567. The summed E-state index contributed by atoms with van der Waals surface area (Å²) in [6, 6.07) is 0. The number of aliphatic imine (C=N–C) groups is 1. The molecule has 0 aromatic carbocycles. The van der Waals surface area contributed by atoms with E-state index in [1.54, 1.807) is 4.90 Å². The molecule has 2 heterocycles. The molecule has 0 aliphatic carbocycles. The molecule has 0 spiro atoms. The van der Waals surface area contributed by atoms with Gasteiger partial charge in [0.1, 0.15) is 6.54 Å². The van der Waals surface area contributed by atoms with Gasteiger partial charge in [0.05, 0.1) is 13.2 Å². The number of carbonyl (C=O) groups is 1. The molecule has 2 N–H and O–H groups in total. The molecule has 19 heavy (non-hydrogen) atoms. The molecule has 2 fully saturated rings. The van der Waals surface area contributed by atoms with E-state index in [0.717, 1.165) is 25.9 Å². The molecule has 2 aliphatic heterocycles. The molecule has 0 saturated carbocycles. The van der Waals surface area contributed by atoms with Crippen molar-refractivity contribution in [2.24, 2.45) is 10.7 Å². The van der Waals surface area contributed by atoms with Crippen molar-refractivity contribution in [3.63, 3.8) is 0 Å². The Morgan fingerprint density at radius 1 is 1.00 bits per heavy atom. The van der Waals surface area contributed by atoms with E-state index in [0.29, 0.717) is 32.3 Å². The number of ether oxygens (including phenoxy) is 1. The number of carbonyl (C=O) groups excluding carboxylic acids is 1. The van der Waals surface area contributed by atoms with Crippen LogP contribution in [0.2, 0.25) is 0 Å². The van der Waals surface area contributed by atoms with Crippen molar-refractivity contribution in [1.82, 2.24) is 9.80 Å².